The van der Waals surface area contributed by atoms with Crippen LogP contribution in [0, 0.1) is 13.8 Å². The number of benzene rings is 2. The largest absolute Gasteiger partial charge is 0.256 e. The molecule has 0 saturated carbocycles. The number of pyridine rings is 1. The van der Waals surface area contributed by atoms with Crippen molar-refractivity contribution in [3.05, 3.63) is 65.9 Å². The molecule has 1 heteroatoms. The predicted octanol–water partition coefficient (Wildman–Crippen LogP) is 4.52. The van der Waals surface area contributed by atoms with Crippen LogP contribution in [0.25, 0.3) is 22.0 Å². The summed E-state index contributed by atoms with van der Waals surface area (Å²) < 4.78 is 0. The van der Waals surface area contributed by atoms with Crippen LogP contribution in [-0.4, -0.2) is 4.98 Å². The van der Waals surface area contributed by atoms with Gasteiger partial charge < -0.3 is 0 Å². The number of nitrogens with zero attached hydrogens (tertiary/aromatic N) is 1. The number of aromatic nitrogens is 1. The van der Waals surface area contributed by atoms with Crippen LogP contribution in [0.2, 0.25) is 0 Å². The molecule has 0 spiro atoms. The van der Waals surface area contributed by atoms with Crippen molar-refractivity contribution in [3.8, 4) is 11.3 Å². The molecule has 0 unspecified atom stereocenters. The van der Waals surface area contributed by atoms with E-state index in [1.807, 2.05) is 6.20 Å². The summed E-state index contributed by atoms with van der Waals surface area (Å²) in [5.41, 5.74) is 4.85. The van der Waals surface area contributed by atoms with Gasteiger partial charge in [0.15, 0.2) is 0 Å². The van der Waals surface area contributed by atoms with Gasteiger partial charge in [0, 0.05) is 17.1 Å². The molecular formula is C17H15N. The molecule has 0 bridgehead atoms. The van der Waals surface area contributed by atoms with Gasteiger partial charge in [0.25, 0.3) is 0 Å². The smallest absolute Gasteiger partial charge is 0.0783 e. The zero-order valence-electron chi connectivity index (χ0n) is 10.6. The fourth-order valence-corrected chi connectivity index (χ4v) is 2.42. The molecule has 0 N–H and O–H groups in total. The van der Waals surface area contributed by atoms with Crippen LogP contribution in [0.1, 0.15) is 11.1 Å². The Labute approximate surface area is 107 Å². The molecule has 0 aliphatic carbocycles. The lowest BCUT2D eigenvalue weighted by Crippen LogP contribution is -1.89. The first kappa shape index (κ1) is 11.0. The number of hydrogen-bond acceptors (Lipinski definition) is 1. The summed E-state index contributed by atoms with van der Waals surface area (Å²) >= 11 is 0. The highest BCUT2D eigenvalue weighted by Crippen LogP contribution is 2.29. The average Bonchev–Trinajstić information content (AvgIpc) is 2.40. The van der Waals surface area contributed by atoms with Crippen LogP contribution < -0.4 is 0 Å². The van der Waals surface area contributed by atoms with E-state index in [1.54, 1.807) is 0 Å². The maximum absolute atomic E-state index is 4.58. The van der Waals surface area contributed by atoms with Gasteiger partial charge in [-0.05, 0) is 36.4 Å². The van der Waals surface area contributed by atoms with Crippen LogP contribution >= 0.6 is 0 Å². The standard InChI is InChI=1S/C17H15N/c1-12-7-5-9-16-14(12)10-11-18-17(16)15-8-4-3-6-13(15)2/h3-11H,1-2H3. The van der Waals surface area contributed by atoms with E-state index in [0.29, 0.717) is 0 Å². The molecule has 0 aliphatic heterocycles. The van der Waals surface area contributed by atoms with E-state index < -0.39 is 0 Å². The van der Waals surface area contributed by atoms with E-state index in [9.17, 15) is 0 Å². The van der Waals surface area contributed by atoms with Crippen LogP contribution in [-0.2, 0) is 0 Å². The quantitative estimate of drug-likeness (QED) is 0.602. The van der Waals surface area contributed by atoms with E-state index in [0.717, 1.165) is 5.69 Å². The second kappa shape index (κ2) is 4.26. The molecule has 1 nitrogen and oxygen atoms in total. The van der Waals surface area contributed by atoms with Crippen molar-refractivity contribution in [2.45, 2.75) is 13.8 Å². The van der Waals surface area contributed by atoms with Crippen molar-refractivity contribution in [1.29, 1.82) is 0 Å². The second-order valence-electron chi connectivity index (χ2n) is 4.64. The Morgan fingerprint density at radius 2 is 1.50 bits per heavy atom. The molecule has 2 aromatic carbocycles. The molecule has 0 amide bonds. The minimum Gasteiger partial charge on any atom is -0.256 e. The maximum atomic E-state index is 4.58. The topological polar surface area (TPSA) is 12.9 Å². The van der Waals surface area contributed by atoms with Crippen molar-refractivity contribution >= 4 is 10.8 Å². The first-order valence-corrected chi connectivity index (χ1v) is 6.18. The number of fused-ring (bicyclic) bond motifs is 1. The molecule has 1 aromatic heterocycles. The summed E-state index contributed by atoms with van der Waals surface area (Å²) in [7, 11) is 0. The Morgan fingerprint density at radius 1 is 0.722 bits per heavy atom. The minimum atomic E-state index is 1.08. The molecule has 1 heterocycles. The lowest BCUT2D eigenvalue weighted by atomic mass is 9.98. The Hall–Kier alpha value is -2.15. The molecule has 0 fully saturated rings. The predicted molar refractivity (Wildman–Crippen MR) is 76.7 cm³/mol. The van der Waals surface area contributed by atoms with Crippen LogP contribution in [0.15, 0.2) is 54.7 Å². The van der Waals surface area contributed by atoms with Crippen molar-refractivity contribution in [1.82, 2.24) is 4.98 Å². The first-order chi connectivity index (χ1) is 8.77. The molecular weight excluding hydrogens is 218 g/mol. The molecule has 0 saturated heterocycles. The van der Waals surface area contributed by atoms with Gasteiger partial charge in [-0.15, -0.1) is 0 Å². The van der Waals surface area contributed by atoms with Crippen molar-refractivity contribution in [3.63, 3.8) is 0 Å². The SMILES string of the molecule is Cc1ccccc1-c1nccc2c(C)cccc12. The van der Waals surface area contributed by atoms with E-state index in [1.165, 1.54) is 27.5 Å². The van der Waals surface area contributed by atoms with Gasteiger partial charge in [0.05, 0.1) is 5.69 Å². The highest BCUT2D eigenvalue weighted by molar-refractivity contribution is 5.96. The summed E-state index contributed by atoms with van der Waals surface area (Å²) in [6.45, 7) is 4.27. The van der Waals surface area contributed by atoms with Gasteiger partial charge in [-0.25, -0.2) is 0 Å². The lowest BCUT2D eigenvalue weighted by molar-refractivity contribution is 1.33. The zero-order valence-corrected chi connectivity index (χ0v) is 10.6. The maximum Gasteiger partial charge on any atom is 0.0783 e. The highest BCUT2D eigenvalue weighted by atomic mass is 14.7. The molecule has 18 heavy (non-hydrogen) atoms. The second-order valence-corrected chi connectivity index (χ2v) is 4.64. The van der Waals surface area contributed by atoms with Gasteiger partial charge in [-0.2, -0.15) is 0 Å². The Kier molecular flexibility index (Phi) is 2.60. The minimum absolute atomic E-state index is 1.08. The van der Waals surface area contributed by atoms with Gasteiger partial charge in [0.1, 0.15) is 0 Å². The van der Waals surface area contributed by atoms with Crippen LogP contribution in [0.3, 0.4) is 0 Å². The first-order valence-electron chi connectivity index (χ1n) is 6.18. The van der Waals surface area contributed by atoms with Gasteiger partial charge >= 0.3 is 0 Å². The lowest BCUT2D eigenvalue weighted by Gasteiger charge is -2.09. The van der Waals surface area contributed by atoms with Gasteiger partial charge in [-0.1, -0.05) is 42.5 Å². The summed E-state index contributed by atoms with van der Waals surface area (Å²) in [4.78, 5) is 4.58. The van der Waals surface area contributed by atoms with Crippen molar-refractivity contribution in [2.75, 3.05) is 0 Å². The molecule has 0 radical (unpaired) electrons. The summed E-state index contributed by atoms with van der Waals surface area (Å²) in [5.74, 6) is 0. The molecule has 3 aromatic rings. The number of hydrogen-bond donors (Lipinski definition) is 0. The third kappa shape index (κ3) is 1.68. The highest BCUT2D eigenvalue weighted by Gasteiger charge is 2.07. The van der Waals surface area contributed by atoms with Crippen molar-refractivity contribution in [2.24, 2.45) is 0 Å². The fraction of sp³-hybridized carbons (Fsp3) is 0.118. The molecule has 0 atom stereocenters. The Morgan fingerprint density at radius 3 is 2.33 bits per heavy atom. The number of rotatable bonds is 1. The third-order valence-corrected chi connectivity index (χ3v) is 3.42. The van der Waals surface area contributed by atoms with E-state index in [2.05, 4.69) is 67.4 Å². The van der Waals surface area contributed by atoms with Crippen LogP contribution in [0.4, 0.5) is 0 Å². The van der Waals surface area contributed by atoms with Gasteiger partial charge in [-0.3, -0.25) is 4.98 Å². The zero-order chi connectivity index (χ0) is 12.5. The number of aryl methyl sites for hydroxylation is 2. The van der Waals surface area contributed by atoms with E-state index in [4.69, 9.17) is 0 Å². The monoisotopic (exact) mass is 233 g/mol. The summed E-state index contributed by atoms with van der Waals surface area (Å²) in [6.07, 6.45) is 1.90. The van der Waals surface area contributed by atoms with E-state index >= 15 is 0 Å². The fourth-order valence-electron chi connectivity index (χ4n) is 2.42. The van der Waals surface area contributed by atoms with Gasteiger partial charge in [0.2, 0.25) is 0 Å². The normalized spacial score (nSPS) is 10.8. The average molecular weight is 233 g/mol. The molecule has 88 valence electrons. The summed E-state index contributed by atoms with van der Waals surface area (Å²) in [6, 6.07) is 16.9. The molecule has 0 aliphatic rings. The third-order valence-electron chi connectivity index (χ3n) is 3.42. The van der Waals surface area contributed by atoms with Crippen molar-refractivity contribution < 1.29 is 0 Å². The Balaban J connectivity index is 2.37. The summed E-state index contributed by atoms with van der Waals surface area (Å²) in [5, 5.41) is 2.51. The van der Waals surface area contributed by atoms with Crippen LogP contribution in [0.5, 0.6) is 0 Å². The Bertz CT molecular complexity index is 714. The molecule has 3 rings (SSSR count). The van der Waals surface area contributed by atoms with E-state index in [-0.39, 0.29) is 0 Å².